The molecule has 0 amide bonds. The SMILES string of the molecule is CCOc1nc(Oc2cc(OC)cc(OC)c2)ccc1N. The minimum atomic E-state index is 0.352. The molecular formula is C15H18N2O4. The highest BCUT2D eigenvalue weighted by Crippen LogP contribution is 2.31. The summed E-state index contributed by atoms with van der Waals surface area (Å²) < 4.78 is 21.4. The molecule has 0 spiro atoms. The van der Waals surface area contributed by atoms with E-state index in [9.17, 15) is 0 Å². The second-order valence-corrected chi connectivity index (χ2v) is 4.13. The van der Waals surface area contributed by atoms with E-state index in [1.54, 1.807) is 44.6 Å². The van der Waals surface area contributed by atoms with Crippen LogP contribution in [0, 0.1) is 0 Å². The van der Waals surface area contributed by atoms with Crippen LogP contribution in [-0.2, 0) is 0 Å². The lowest BCUT2D eigenvalue weighted by Gasteiger charge is -2.11. The van der Waals surface area contributed by atoms with Gasteiger partial charge >= 0.3 is 0 Å². The van der Waals surface area contributed by atoms with E-state index in [0.717, 1.165) is 0 Å². The van der Waals surface area contributed by atoms with Gasteiger partial charge in [-0.25, -0.2) is 0 Å². The Kier molecular flexibility index (Phi) is 4.71. The van der Waals surface area contributed by atoms with Crippen molar-refractivity contribution in [1.29, 1.82) is 0 Å². The number of anilines is 1. The van der Waals surface area contributed by atoms with Gasteiger partial charge in [-0.05, 0) is 13.0 Å². The summed E-state index contributed by atoms with van der Waals surface area (Å²) in [5.41, 5.74) is 6.24. The highest BCUT2D eigenvalue weighted by atomic mass is 16.5. The number of benzene rings is 1. The Morgan fingerprint density at radius 2 is 1.62 bits per heavy atom. The Bertz CT molecular complexity index is 594. The predicted molar refractivity (Wildman–Crippen MR) is 79.4 cm³/mol. The molecule has 0 atom stereocenters. The predicted octanol–water partition coefficient (Wildman–Crippen LogP) is 2.87. The molecule has 6 heteroatoms. The fraction of sp³-hybridized carbons (Fsp3) is 0.267. The molecule has 0 aliphatic heterocycles. The zero-order chi connectivity index (χ0) is 15.2. The van der Waals surface area contributed by atoms with Crippen molar-refractivity contribution in [2.45, 2.75) is 6.92 Å². The quantitative estimate of drug-likeness (QED) is 0.881. The van der Waals surface area contributed by atoms with Gasteiger partial charge in [-0.1, -0.05) is 0 Å². The second-order valence-electron chi connectivity index (χ2n) is 4.13. The highest BCUT2D eigenvalue weighted by Gasteiger charge is 2.08. The molecule has 2 rings (SSSR count). The summed E-state index contributed by atoms with van der Waals surface area (Å²) in [5.74, 6) is 2.54. The van der Waals surface area contributed by atoms with Gasteiger partial charge in [-0.15, -0.1) is 0 Å². The van der Waals surface area contributed by atoms with Gasteiger partial charge in [0.2, 0.25) is 11.8 Å². The number of pyridine rings is 1. The van der Waals surface area contributed by atoms with Gasteiger partial charge in [-0.2, -0.15) is 4.98 Å². The van der Waals surface area contributed by atoms with Gasteiger partial charge in [0.15, 0.2) is 0 Å². The van der Waals surface area contributed by atoms with Gasteiger partial charge in [0, 0.05) is 24.3 Å². The molecule has 0 unspecified atom stereocenters. The first kappa shape index (κ1) is 14.8. The van der Waals surface area contributed by atoms with E-state index in [1.807, 2.05) is 6.92 Å². The molecule has 0 saturated carbocycles. The van der Waals surface area contributed by atoms with Crippen LogP contribution in [0.15, 0.2) is 30.3 Å². The maximum atomic E-state index is 5.78. The standard InChI is InChI=1S/C15H18N2O4/c1-4-20-15-13(16)5-6-14(17-15)21-12-8-10(18-2)7-11(9-12)19-3/h5-9H,4,16H2,1-3H3. The summed E-state index contributed by atoms with van der Waals surface area (Å²) in [6.45, 7) is 2.34. The summed E-state index contributed by atoms with van der Waals surface area (Å²) in [6.07, 6.45) is 0. The van der Waals surface area contributed by atoms with Crippen LogP contribution in [0.1, 0.15) is 6.92 Å². The first-order chi connectivity index (χ1) is 10.2. The maximum absolute atomic E-state index is 5.78. The van der Waals surface area contributed by atoms with Crippen molar-refractivity contribution in [3.05, 3.63) is 30.3 Å². The van der Waals surface area contributed by atoms with E-state index in [-0.39, 0.29) is 0 Å². The van der Waals surface area contributed by atoms with Crippen LogP contribution in [0.25, 0.3) is 0 Å². The average Bonchev–Trinajstić information content (AvgIpc) is 2.50. The molecule has 2 aromatic rings. The first-order valence-electron chi connectivity index (χ1n) is 6.46. The Hall–Kier alpha value is -2.63. The van der Waals surface area contributed by atoms with Crippen LogP contribution in [0.5, 0.6) is 29.0 Å². The molecule has 0 aliphatic rings. The molecule has 112 valence electrons. The van der Waals surface area contributed by atoms with Crippen LogP contribution in [0.4, 0.5) is 5.69 Å². The van der Waals surface area contributed by atoms with E-state index in [2.05, 4.69) is 4.98 Å². The zero-order valence-corrected chi connectivity index (χ0v) is 12.3. The van der Waals surface area contributed by atoms with Crippen molar-refractivity contribution in [1.82, 2.24) is 4.98 Å². The third kappa shape index (κ3) is 3.68. The number of nitrogens with two attached hydrogens (primary N) is 1. The number of methoxy groups -OCH3 is 2. The van der Waals surface area contributed by atoms with Crippen molar-refractivity contribution >= 4 is 5.69 Å². The van der Waals surface area contributed by atoms with Crippen LogP contribution in [0.3, 0.4) is 0 Å². The lowest BCUT2D eigenvalue weighted by atomic mass is 10.3. The maximum Gasteiger partial charge on any atom is 0.240 e. The molecule has 0 radical (unpaired) electrons. The molecule has 0 fully saturated rings. The third-order valence-electron chi connectivity index (χ3n) is 2.69. The van der Waals surface area contributed by atoms with Crippen LogP contribution < -0.4 is 24.7 Å². The molecular weight excluding hydrogens is 272 g/mol. The summed E-state index contributed by atoms with van der Waals surface area (Å²) in [5, 5.41) is 0. The van der Waals surface area contributed by atoms with E-state index < -0.39 is 0 Å². The van der Waals surface area contributed by atoms with Crippen molar-refractivity contribution in [2.75, 3.05) is 26.6 Å². The molecule has 1 heterocycles. The zero-order valence-electron chi connectivity index (χ0n) is 12.3. The monoisotopic (exact) mass is 290 g/mol. The molecule has 21 heavy (non-hydrogen) atoms. The molecule has 0 bridgehead atoms. The number of hydrogen-bond acceptors (Lipinski definition) is 6. The summed E-state index contributed by atoms with van der Waals surface area (Å²) >= 11 is 0. The Balaban J connectivity index is 2.27. The molecule has 0 aliphatic carbocycles. The van der Waals surface area contributed by atoms with Gasteiger partial charge in [-0.3, -0.25) is 0 Å². The van der Waals surface area contributed by atoms with Crippen LogP contribution >= 0.6 is 0 Å². The van der Waals surface area contributed by atoms with Crippen molar-refractivity contribution < 1.29 is 18.9 Å². The number of aromatic nitrogens is 1. The fourth-order valence-electron chi connectivity index (χ4n) is 1.70. The normalized spacial score (nSPS) is 10.0. The first-order valence-corrected chi connectivity index (χ1v) is 6.46. The van der Waals surface area contributed by atoms with E-state index in [1.165, 1.54) is 0 Å². The minimum Gasteiger partial charge on any atom is -0.496 e. The van der Waals surface area contributed by atoms with Crippen molar-refractivity contribution in [2.24, 2.45) is 0 Å². The van der Waals surface area contributed by atoms with Crippen LogP contribution in [-0.4, -0.2) is 25.8 Å². The Morgan fingerprint density at radius 3 is 2.19 bits per heavy atom. The highest BCUT2D eigenvalue weighted by molar-refractivity contribution is 5.50. The molecule has 6 nitrogen and oxygen atoms in total. The van der Waals surface area contributed by atoms with Gasteiger partial charge < -0.3 is 24.7 Å². The average molecular weight is 290 g/mol. The third-order valence-corrected chi connectivity index (χ3v) is 2.69. The Labute approximate surface area is 123 Å². The minimum absolute atomic E-state index is 0.352. The smallest absolute Gasteiger partial charge is 0.240 e. The second kappa shape index (κ2) is 6.69. The number of ether oxygens (including phenoxy) is 4. The fourth-order valence-corrected chi connectivity index (χ4v) is 1.70. The molecule has 2 N–H and O–H groups in total. The van der Waals surface area contributed by atoms with Crippen molar-refractivity contribution in [3.8, 4) is 29.0 Å². The topological polar surface area (TPSA) is 75.8 Å². The molecule has 0 saturated heterocycles. The van der Waals surface area contributed by atoms with E-state index in [0.29, 0.717) is 41.3 Å². The molecule has 1 aromatic heterocycles. The van der Waals surface area contributed by atoms with Gasteiger partial charge in [0.05, 0.1) is 26.5 Å². The van der Waals surface area contributed by atoms with Crippen LogP contribution in [0.2, 0.25) is 0 Å². The van der Waals surface area contributed by atoms with Gasteiger partial charge in [0.1, 0.15) is 17.2 Å². The number of hydrogen-bond donors (Lipinski definition) is 1. The molecule has 1 aromatic carbocycles. The number of nitrogen functional groups attached to an aromatic ring is 1. The van der Waals surface area contributed by atoms with E-state index >= 15 is 0 Å². The summed E-state index contributed by atoms with van der Waals surface area (Å²) in [4.78, 5) is 4.22. The van der Waals surface area contributed by atoms with Gasteiger partial charge in [0.25, 0.3) is 0 Å². The number of nitrogens with zero attached hydrogens (tertiary/aromatic N) is 1. The largest absolute Gasteiger partial charge is 0.496 e. The van der Waals surface area contributed by atoms with E-state index in [4.69, 9.17) is 24.7 Å². The summed E-state index contributed by atoms with van der Waals surface area (Å²) in [7, 11) is 3.15. The number of rotatable bonds is 6. The lowest BCUT2D eigenvalue weighted by Crippen LogP contribution is -2.00. The summed E-state index contributed by atoms with van der Waals surface area (Å²) in [6, 6.07) is 8.59. The Morgan fingerprint density at radius 1 is 1.00 bits per heavy atom. The lowest BCUT2D eigenvalue weighted by molar-refractivity contribution is 0.322. The van der Waals surface area contributed by atoms with Crippen molar-refractivity contribution in [3.63, 3.8) is 0 Å².